The lowest BCUT2D eigenvalue weighted by molar-refractivity contribution is 0.162. The minimum absolute atomic E-state index is 0.00461. The molecule has 6 heteroatoms. The van der Waals surface area contributed by atoms with Gasteiger partial charge in [0.05, 0.1) is 16.8 Å². The van der Waals surface area contributed by atoms with Crippen molar-refractivity contribution >= 4 is 23.3 Å². The monoisotopic (exact) mass is 274 g/mol. The lowest BCUT2D eigenvalue weighted by atomic mass is 10.2. The standard InChI is InChI=1S/C12H16ClFN2O2/c1-2-4-8(17)7-15-12(18)16-10-6-3-5-9(13)11(10)14/h3,5-6,8,17H,2,4,7H2,1H3,(H2,15,16,18). The zero-order valence-electron chi connectivity index (χ0n) is 10.0. The van der Waals surface area contributed by atoms with E-state index < -0.39 is 18.0 Å². The Hall–Kier alpha value is -1.33. The second-order valence-electron chi connectivity index (χ2n) is 3.88. The molecule has 100 valence electrons. The lowest BCUT2D eigenvalue weighted by Gasteiger charge is -2.12. The summed E-state index contributed by atoms with van der Waals surface area (Å²) in [4.78, 5) is 11.4. The molecular weight excluding hydrogens is 259 g/mol. The fourth-order valence-corrected chi connectivity index (χ4v) is 1.59. The number of urea groups is 1. The van der Waals surface area contributed by atoms with E-state index in [0.717, 1.165) is 6.42 Å². The van der Waals surface area contributed by atoms with E-state index in [1.807, 2.05) is 6.92 Å². The predicted octanol–water partition coefficient (Wildman–Crippen LogP) is 2.76. The highest BCUT2D eigenvalue weighted by Gasteiger charge is 2.10. The van der Waals surface area contributed by atoms with Gasteiger partial charge in [-0.05, 0) is 18.6 Å². The van der Waals surface area contributed by atoms with Crippen molar-refractivity contribution in [2.45, 2.75) is 25.9 Å². The summed E-state index contributed by atoms with van der Waals surface area (Å²) in [5.74, 6) is -0.677. The van der Waals surface area contributed by atoms with E-state index in [-0.39, 0.29) is 17.3 Å². The van der Waals surface area contributed by atoms with Crippen LogP contribution in [0.15, 0.2) is 18.2 Å². The summed E-state index contributed by atoms with van der Waals surface area (Å²) >= 11 is 5.58. The van der Waals surface area contributed by atoms with Gasteiger partial charge in [-0.2, -0.15) is 0 Å². The Morgan fingerprint density at radius 2 is 2.28 bits per heavy atom. The molecule has 0 bridgehead atoms. The highest BCUT2D eigenvalue weighted by molar-refractivity contribution is 6.31. The van der Waals surface area contributed by atoms with Gasteiger partial charge in [0.2, 0.25) is 0 Å². The third-order valence-corrected chi connectivity index (χ3v) is 2.61. The van der Waals surface area contributed by atoms with Crippen LogP contribution in [0.2, 0.25) is 5.02 Å². The van der Waals surface area contributed by atoms with Crippen LogP contribution in [0.5, 0.6) is 0 Å². The average Bonchev–Trinajstić information content (AvgIpc) is 2.33. The highest BCUT2D eigenvalue weighted by Crippen LogP contribution is 2.21. The lowest BCUT2D eigenvalue weighted by Crippen LogP contribution is -2.35. The van der Waals surface area contributed by atoms with Crippen LogP contribution in [-0.4, -0.2) is 23.8 Å². The number of benzene rings is 1. The van der Waals surface area contributed by atoms with E-state index in [9.17, 15) is 14.3 Å². The van der Waals surface area contributed by atoms with Crippen molar-refractivity contribution in [2.75, 3.05) is 11.9 Å². The van der Waals surface area contributed by atoms with Crippen molar-refractivity contribution in [1.82, 2.24) is 5.32 Å². The summed E-state index contributed by atoms with van der Waals surface area (Å²) in [6, 6.07) is 3.76. The van der Waals surface area contributed by atoms with Gasteiger partial charge in [-0.3, -0.25) is 0 Å². The van der Waals surface area contributed by atoms with E-state index in [4.69, 9.17) is 11.6 Å². The number of carbonyl (C=O) groups excluding carboxylic acids is 1. The first-order chi connectivity index (χ1) is 8.54. The van der Waals surface area contributed by atoms with E-state index in [2.05, 4.69) is 10.6 Å². The quantitative estimate of drug-likeness (QED) is 0.773. The van der Waals surface area contributed by atoms with Gasteiger partial charge < -0.3 is 15.7 Å². The van der Waals surface area contributed by atoms with Gasteiger partial charge in [-0.25, -0.2) is 9.18 Å². The normalized spacial score (nSPS) is 12.0. The van der Waals surface area contributed by atoms with E-state index in [1.165, 1.54) is 18.2 Å². The summed E-state index contributed by atoms with van der Waals surface area (Å²) in [5.41, 5.74) is 0.00461. The molecule has 1 aromatic carbocycles. The van der Waals surface area contributed by atoms with Gasteiger partial charge in [0.25, 0.3) is 0 Å². The Morgan fingerprint density at radius 3 is 2.94 bits per heavy atom. The van der Waals surface area contributed by atoms with Crippen LogP contribution in [0.1, 0.15) is 19.8 Å². The molecular formula is C12H16ClFN2O2. The van der Waals surface area contributed by atoms with Crippen LogP contribution in [0.4, 0.5) is 14.9 Å². The third kappa shape index (κ3) is 4.50. The summed E-state index contributed by atoms with van der Waals surface area (Å²) in [6.45, 7) is 2.06. The number of carbonyl (C=O) groups is 1. The first-order valence-corrected chi connectivity index (χ1v) is 6.09. The summed E-state index contributed by atoms with van der Waals surface area (Å²) in [5, 5.41) is 14.1. The maximum atomic E-state index is 13.5. The number of amides is 2. The smallest absolute Gasteiger partial charge is 0.319 e. The van der Waals surface area contributed by atoms with E-state index in [0.29, 0.717) is 6.42 Å². The Kier molecular flexibility index (Phi) is 5.88. The van der Waals surface area contributed by atoms with Crippen LogP contribution in [0.25, 0.3) is 0 Å². The fraction of sp³-hybridized carbons (Fsp3) is 0.417. The summed E-state index contributed by atoms with van der Waals surface area (Å²) < 4.78 is 13.5. The number of aliphatic hydroxyl groups excluding tert-OH is 1. The molecule has 3 N–H and O–H groups in total. The highest BCUT2D eigenvalue weighted by atomic mass is 35.5. The maximum absolute atomic E-state index is 13.5. The molecule has 1 rings (SSSR count). The number of halogens is 2. The van der Waals surface area contributed by atoms with Crippen molar-refractivity contribution in [2.24, 2.45) is 0 Å². The zero-order chi connectivity index (χ0) is 13.5. The van der Waals surface area contributed by atoms with Gasteiger partial charge in [0, 0.05) is 6.54 Å². The molecule has 4 nitrogen and oxygen atoms in total. The molecule has 0 aliphatic rings. The summed E-state index contributed by atoms with van der Waals surface area (Å²) in [7, 11) is 0. The molecule has 0 aliphatic heterocycles. The molecule has 0 aliphatic carbocycles. The van der Waals surface area contributed by atoms with Crippen LogP contribution < -0.4 is 10.6 Å². The Labute approximate surface area is 110 Å². The fourth-order valence-electron chi connectivity index (χ4n) is 1.41. The van der Waals surface area contributed by atoms with Gasteiger partial charge >= 0.3 is 6.03 Å². The van der Waals surface area contributed by atoms with Crippen LogP contribution >= 0.6 is 11.6 Å². The predicted molar refractivity (Wildman–Crippen MR) is 69.3 cm³/mol. The molecule has 0 saturated carbocycles. The molecule has 0 fully saturated rings. The number of nitrogens with one attached hydrogen (secondary N) is 2. The molecule has 0 spiro atoms. The maximum Gasteiger partial charge on any atom is 0.319 e. The third-order valence-electron chi connectivity index (χ3n) is 2.32. The molecule has 0 saturated heterocycles. The molecule has 0 aromatic heterocycles. The van der Waals surface area contributed by atoms with Gasteiger partial charge in [-0.1, -0.05) is 31.0 Å². The molecule has 0 radical (unpaired) electrons. The Morgan fingerprint density at radius 1 is 1.56 bits per heavy atom. The van der Waals surface area contributed by atoms with E-state index >= 15 is 0 Å². The van der Waals surface area contributed by atoms with Crippen molar-refractivity contribution in [3.05, 3.63) is 29.0 Å². The second-order valence-corrected chi connectivity index (χ2v) is 4.29. The number of rotatable bonds is 5. The average molecular weight is 275 g/mol. The second kappa shape index (κ2) is 7.18. The van der Waals surface area contributed by atoms with Crippen molar-refractivity contribution < 1.29 is 14.3 Å². The molecule has 0 heterocycles. The zero-order valence-corrected chi connectivity index (χ0v) is 10.8. The molecule has 2 amide bonds. The largest absolute Gasteiger partial charge is 0.391 e. The van der Waals surface area contributed by atoms with Gasteiger partial charge in [0.15, 0.2) is 5.82 Å². The minimum Gasteiger partial charge on any atom is -0.391 e. The van der Waals surface area contributed by atoms with Crippen molar-refractivity contribution in [1.29, 1.82) is 0 Å². The number of aliphatic hydroxyl groups is 1. The van der Waals surface area contributed by atoms with Crippen molar-refractivity contribution in [3.63, 3.8) is 0 Å². The molecule has 18 heavy (non-hydrogen) atoms. The molecule has 1 aromatic rings. The van der Waals surface area contributed by atoms with E-state index in [1.54, 1.807) is 0 Å². The SMILES string of the molecule is CCCC(O)CNC(=O)Nc1cccc(Cl)c1F. The topological polar surface area (TPSA) is 61.4 Å². The van der Waals surface area contributed by atoms with Crippen molar-refractivity contribution in [3.8, 4) is 0 Å². The molecule has 1 atom stereocenters. The van der Waals surface area contributed by atoms with Crippen LogP contribution in [0, 0.1) is 5.82 Å². The molecule has 1 unspecified atom stereocenters. The first-order valence-electron chi connectivity index (χ1n) is 5.71. The number of anilines is 1. The van der Waals surface area contributed by atoms with Gasteiger partial charge in [-0.15, -0.1) is 0 Å². The van der Waals surface area contributed by atoms with Gasteiger partial charge in [0.1, 0.15) is 0 Å². The Bertz CT molecular complexity index is 415. The first kappa shape index (κ1) is 14.7. The Balaban J connectivity index is 2.47. The summed E-state index contributed by atoms with van der Waals surface area (Å²) in [6.07, 6.45) is 0.837. The number of hydrogen-bond donors (Lipinski definition) is 3. The van der Waals surface area contributed by atoms with Crippen LogP contribution in [-0.2, 0) is 0 Å². The number of hydrogen-bond acceptors (Lipinski definition) is 2. The van der Waals surface area contributed by atoms with Crippen LogP contribution in [0.3, 0.4) is 0 Å². The minimum atomic E-state index is -0.677.